The van der Waals surface area contributed by atoms with E-state index < -0.39 is 0 Å². The Morgan fingerprint density at radius 3 is 2.36 bits per heavy atom. The highest BCUT2D eigenvalue weighted by Gasteiger charge is 2.24. The molecule has 0 bridgehead atoms. The van der Waals surface area contributed by atoms with Crippen LogP contribution in [0, 0.1) is 5.92 Å². The monoisotopic (exact) mass is 338 g/mol. The number of rotatable bonds is 5. The first-order chi connectivity index (χ1) is 12.2. The third kappa shape index (κ3) is 4.60. The molecule has 0 spiro atoms. The first-order valence-electron chi connectivity index (χ1n) is 8.90. The molecule has 2 aromatic carbocycles. The summed E-state index contributed by atoms with van der Waals surface area (Å²) in [5, 5.41) is 6.46. The van der Waals surface area contributed by atoms with Crippen molar-refractivity contribution in [1.82, 2.24) is 10.6 Å². The number of ether oxygens (including phenoxy) is 1. The number of hydrogen-bond donors (Lipinski definition) is 2. The van der Waals surface area contributed by atoms with Gasteiger partial charge in [-0.3, -0.25) is 4.79 Å². The molecule has 4 heteroatoms. The van der Waals surface area contributed by atoms with Crippen molar-refractivity contribution in [1.29, 1.82) is 0 Å². The van der Waals surface area contributed by atoms with E-state index in [1.807, 2.05) is 24.3 Å². The molecule has 0 unspecified atom stereocenters. The summed E-state index contributed by atoms with van der Waals surface area (Å²) in [4.78, 5) is 12.3. The molecular formula is C21H26N2O2. The SMILES string of the molecule is COc1ccc(-c2ccc(CNC(=O)[C@H]3CCN[C@@H](C)C3)cc2)cc1. The number of methoxy groups -OCH3 is 1. The van der Waals surface area contributed by atoms with E-state index in [-0.39, 0.29) is 11.8 Å². The van der Waals surface area contributed by atoms with E-state index >= 15 is 0 Å². The van der Waals surface area contributed by atoms with Gasteiger partial charge in [0, 0.05) is 18.5 Å². The molecule has 0 aromatic heterocycles. The number of carbonyl (C=O) groups excluding carboxylic acids is 1. The molecule has 1 fully saturated rings. The molecule has 25 heavy (non-hydrogen) atoms. The largest absolute Gasteiger partial charge is 0.497 e. The fourth-order valence-corrected chi connectivity index (χ4v) is 3.30. The van der Waals surface area contributed by atoms with Gasteiger partial charge in [0.15, 0.2) is 0 Å². The van der Waals surface area contributed by atoms with Gasteiger partial charge >= 0.3 is 0 Å². The molecule has 2 atom stereocenters. The van der Waals surface area contributed by atoms with Crippen LogP contribution in [-0.2, 0) is 11.3 Å². The minimum atomic E-state index is 0.134. The van der Waals surface area contributed by atoms with Gasteiger partial charge in [-0.1, -0.05) is 36.4 Å². The Bertz CT molecular complexity index is 695. The molecule has 1 saturated heterocycles. The van der Waals surface area contributed by atoms with E-state index in [2.05, 4.69) is 41.8 Å². The predicted octanol–water partition coefficient (Wildman–Crippen LogP) is 3.37. The third-order valence-electron chi connectivity index (χ3n) is 4.84. The van der Waals surface area contributed by atoms with Gasteiger partial charge in [-0.05, 0) is 55.1 Å². The van der Waals surface area contributed by atoms with Crippen LogP contribution in [-0.4, -0.2) is 25.6 Å². The van der Waals surface area contributed by atoms with Crippen molar-refractivity contribution < 1.29 is 9.53 Å². The molecule has 3 rings (SSSR count). The van der Waals surface area contributed by atoms with Crippen molar-refractivity contribution in [2.24, 2.45) is 5.92 Å². The van der Waals surface area contributed by atoms with Crippen LogP contribution in [0.1, 0.15) is 25.3 Å². The maximum Gasteiger partial charge on any atom is 0.223 e. The number of piperidine rings is 1. The van der Waals surface area contributed by atoms with Crippen LogP contribution in [0.4, 0.5) is 0 Å². The number of nitrogens with one attached hydrogen (secondary N) is 2. The maximum absolute atomic E-state index is 12.3. The van der Waals surface area contributed by atoms with Gasteiger partial charge in [-0.15, -0.1) is 0 Å². The van der Waals surface area contributed by atoms with Gasteiger partial charge in [-0.2, -0.15) is 0 Å². The number of benzene rings is 2. The zero-order valence-corrected chi connectivity index (χ0v) is 14.9. The molecule has 0 saturated carbocycles. The Balaban J connectivity index is 1.56. The highest BCUT2D eigenvalue weighted by molar-refractivity contribution is 5.78. The second kappa shape index (κ2) is 8.17. The van der Waals surface area contributed by atoms with Crippen LogP contribution in [0.15, 0.2) is 48.5 Å². The number of hydrogen-bond acceptors (Lipinski definition) is 3. The van der Waals surface area contributed by atoms with Crippen molar-refractivity contribution in [2.45, 2.75) is 32.4 Å². The summed E-state index contributed by atoms with van der Waals surface area (Å²) in [5.41, 5.74) is 3.43. The summed E-state index contributed by atoms with van der Waals surface area (Å²) in [6.07, 6.45) is 1.84. The molecule has 0 radical (unpaired) electrons. The molecule has 2 aromatic rings. The minimum absolute atomic E-state index is 0.134. The van der Waals surface area contributed by atoms with E-state index in [9.17, 15) is 4.79 Å². The minimum Gasteiger partial charge on any atom is -0.497 e. The zero-order chi connectivity index (χ0) is 17.6. The van der Waals surface area contributed by atoms with Crippen LogP contribution in [0.5, 0.6) is 5.75 Å². The van der Waals surface area contributed by atoms with E-state index in [0.717, 1.165) is 41.8 Å². The van der Waals surface area contributed by atoms with Crippen molar-refractivity contribution in [2.75, 3.05) is 13.7 Å². The van der Waals surface area contributed by atoms with Crippen molar-refractivity contribution in [3.63, 3.8) is 0 Å². The van der Waals surface area contributed by atoms with Gasteiger partial charge in [0.2, 0.25) is 5.91 Å². The Labute approximate surface area is 149 Å². The summed E-state index contributed by atoms with van der Waals surface area (Å²) < 4.78 is 5.19. The molecule has 1 amide bonds. The summed E-state index contributed by atoms with van der Waals surface area (Å²) in [7, 11) is 1.67. The lowest BCUT2D eigenvalue weighted by molar-refractivity contribution is -0.126. The standard InChI is InChI=1S/C21H26N2O2/c1-15-13-19(11-12-22-15)21(24)23-14-16-3-5-17(6-4-16)18-7-9-20(25-2)10-8-18/h3-10,15,19,22H,11-14H2,1-2H3,(H,23,24)/t15-,19-/m0/s1. The molecule has 0 aliphatic carbocycles. The Kier molecular flexibility index (Phi) is 5.71. The lowest BCUT2D eigenvalue weighted by Gasteiger charge is -2.27. The van der Waals surface area contributed by atoms with Crippen LogP contribution >= 0.6 is 0 Å². The van der Waals surface area contributed by atoms with Crippen LogP contribution in [0.2, 0.25) is 0 Å². The maximum atomic E-state index is 12.3. The van der Waals surface area contributed by atoms with Gasteiger partial charge in [-0.25, -0.2) is 0 Å². The normalized spacial score (nSPS) is 20.1. The van der Waals surface area contributed by atoms with Crippen LogP contribution < -0.4 is 15.4 Å². The van der Waals surface area contributed by atoms with E-state index in [0.29, 0.717) is 12.6 Å². The molecule has 4 nitrogen and oxygen atoms in total. The fourth-order valence-electron chi connectivity index (χ4n) is 3.30. The van der Waals surface area contributed by atoms with Gasteiger partial charge in [0.1, 0.15) is 5.75 Å². The van der Waals surface area contributed by atoms with Gasteiger partial charge < -0.3 is 15.4 Å². The van der Waals surface area contributed by atoms with Crippen molar-refractivity contribution >= 4 is 5.91 Å². The first kappa shape index (κ1) is 17.5. The quantitative estimate of drug-likeness (QED) is 0.879. The van der Waals surface area contributed by atoms with Crippen LogP contribution in [0.25, 0.3) is 11.1 Å². The lowest BCUT2D eigenvalue weighted by Crippen LogP contribution is -2.42. The lowest BCUT2D eigenvalue weighted by atomic mass is 9.92. The second-order valence-electron chi connectivity index (χ2n) is 6.72. The average molecular weight is 338 g/mol. The summed E-state index contributed by atoms with van der Waals surface area (Å²) in [6, 6.07) is 16.8. The van der Waals surface area contributed by atoms with Crippen molar-refractivity contribution in [3.05, 3.63) is 54.1 Å². The smallest absolute Gasteiger partial charge is 0.223 e. The molecule has 2 N–H and O–H groups in total. The highest BCUT2D eigenvalue weighted by atomic mass is 16.5. The Morgan fingerprint density at radius 1 is 1.12 bits per heavy atom. The summed E-state index contributed by atoms with van der Waals surface area (Å²) in [6.45, 7) is 3.65. The Hall–Kier alpha value is -2.33. The van der Waals surface area contributed by atoms with E-state index in [4.69, 9.17) is 4.74 Å². The number of amides is 1. The fraction of sp³-hybridized carbons (Fsp3) is 0.381. The zero-order valence-electron chi connectivity index (χ0n) is 14.9. The first-order valence-corrected chi connectivity index (χ1v) is 8.90. The molecular weight excluding hydrogens is 312 g/mol. The second-order valence-corrected chi connectivity index (χ2v) is 6.72. The van der Waals surface area contributed by atoms with Crippen molar-refractivity contribution in [3.8, 4) is 16.9 Å². The van der Waals surface area contributed by atoms with Gasteiger partial charge in [0.25, 0.3) is 0 Å². The summed E-state index contributed by atoms with van der Waals surface area (Å²) >= 11 is 0. The molecule has 1 aliphatic heterocycles. The Morgan fingerprint density at radius 2 is 1.76 bits per heavy atom. The summed E-state index contributed by atoms with van der Waals surface area (Å²) in [5.74, 6) is 1.16. The molecule has 132 valence electrons. The van der Waals surface area contributed by atoms with E-state index in [1.54, 1.807) is 7.11 Å². The predicted molar refractivity (Wildman–Crippen MR) is 100 cm³/mol. The molecule has 1 heterocycles. The molecule has 1 aliphatic rings. The third-order valence-corrected chi connectivity index (χ3v) is 4.84. The topological polar surface area (TPSA) is 50.4 Å². The number of carbonyl (C=O) groups is 1. The van der Waals surface area contributed by atoms with E-state index in [1.165, 1.54) is 0 Å². The van der Waals surface area contributed by atoms with Crippen LogP contribution in [0.3, 0.4) is 0 Å². The van der Waals surface area contributed by atoms with Gasteiger partial charge in [0.05, 0.1) is 7.11 Å². The average Bonchev–Trinajstić information content (AvgIpc) is 2.66. The highest BCUT2D eigenvalue weighted by Crippen LogP contribution is 2.23.